The van der Waals surface area contributed by atoms with Crippen LogP contribution in [0.4, 0.5) is 11.4 Å². The fourth-order valence-corrected chi connectivity index (χ4v) is 1.58. The number of Topliss-reactive ketones (excluding diaryl/α,β-unsaturated/α-hetero) is 1. The van der Waals surface area contributed by atoms with Gasteiger partial charge in [-0.25, -0.2) is 0 Å². The highest BCUT2D eigenvalue weighted by Crippen LogP contribution is 2.26. The van der Waals surface area contributed by atoms with Gasteiger partial charge < -0.3 is 15.7 Å². The third-order valence-corrected chi connectivity index (χ3v) is 2.68. The molecule has 8 nitrogen and oxygen atoms in total. The highest BCUT2D eigenvalue weighted by atomic mass is 16.6. The maximum atomic E-state index is 11.4. The van der Waals surface area contributed by atoms with Crippen molar-refractivity contribution in [3.05, 3.63) is 33.9 Å². The lowest BCUT2D eigenvalue weighted by Gasteiger charge is -2.16. The molecule has 1 rings (SSSR count). The second kappa shape index (κ2) is 6.62. The Morgan fingerprint density at radius 3 is 2.55 bits per heavy atom. The molecule has 0 saturated carbocycles. The van der Waals surface area contributed by atoms with Crippen molar-refractivity contribution in [2.45, 2.75) is 13.0 Å². The number of nitrogens with one attached hydrogen (secondary N) is 2. The lowest BCUT2D eigenvalue weighted by Crippen LogP contribution is -2.40. The predicted molar refractivity (Wildman–Crippen MR) is 71.7 cm³/mol. The molecule has 0 saturated heterocycles. The van der Waals surface area contributed by atoms with E-state index >= 15 is 0 Å². The van der Waals surface area contributed by atoms with Crippen molar-refractivity contribution in [2.75, 3.05) is 19.0 Å². The highest BCUT2D eigenvalue weighted by molar-refractivity contribution is 5.95. The summed E-state index contributed by atoms with van der Waals surface area (Å²) in [6.45, 7) is 0.776. The molecule has 0 bridgehead atoms. The Balaban J connectivity index is 3.14. The summed E-state index contributed by atoms with van der Waals surface area (Å²) in [5, 5.41) is 25.0. The molecule has 0 spiro atoms. The Hall–Kier alpha value is -2.48. The minimum atomic E-state index is -1.01. The van der Waals surface area contributed by atoms with E-state index < -0.39 is 23.5 Å². The quantitative estimate of drug-likeness (QED) is 0.392. The third-order valence-electron chi connectivity index (χ3n) is 2.68. The van der Waals surface area contributed by atoms with Gasteiger partial charge in [0, 0.05) is 18.7 Å². The van der Waals surface area contributed by atoms with E-state index in [1.54, 1.807) is 0 Å². The van der Waals surface area contributed by atoms with Crippen molar-refractivity contribution < 1.29 is 19.6 Å². The topological polar surface area (TPSA) is 122 Å². The van der Waals surface area contributed by atoms with E-state index in [1.807, 2.05) is 0 Å². The van der Waals surface area contributed by atoms with Crippen LogP contribution in [-0.4, -0.2) is 41.4 Å². The number of carbonyl (C=O) groups is 2. The van der Waals surface area contributed by atoms with Gasteiger partial charge in [-0.2, -0.15) is 0 Å². The minimum Gasteiger partial charge on any atom is -0.394 e. The van der Waals surface area contributed by atoms with Gasteiger partial charge in [0.05, 0.1) is 11.5 Å². The van der Waals surface area contributed by atoms with Crippen LogP contribution in [0.15, 0.2) is 18.2 Å². The van der Waals surface area contributed by atoms with Gasteiger partial charge in [-0.15, -0.1) is 0 Å². The van der Waals surface area contributed by atoms with Crippen LogP contribution in [-0.2, 0) is 4.79 Å². The summed E-state index contributed by atoms with van der Waals surface area (Å²) >= 11 is 0. The summed E-state index contributed by atoms with van der Waals surface area (Å²) in [5.41, 5.74) is -0.0783. The Labute approximate surface area is 114 Å². The van der Waals surface area contributed by atoms with Crippen LogP contribution in [0, 0.1) is 10.1 Å². The average molecular weight is 281 g/mol. The van der Waals surface area contributed by atoms with Gasteiger partial charge in [-0.05, 0) is 19.1 Å². The number of aliphatic hydroxyl groups is 1. The smallest absolute Gasteiger partial charge is 0.293 e. The third kappa shape index (κ3) is 3.51. The zero-order valence-corrected chi connectivity index (χ0v) is 11.0. The maximum absolute atomic E-state index is 11.4. The van der Waals surface area contributed by atoms with E-state index in [9.17, 15) is 19.7 Å². The second-order valence-electron chi connectivity index (χ2n) is 4.04. The first-order chi connectivity index (χ1) is 9.40. The fraction of sp³-hybridized carbons (Fsp3) is 0.333. The molecule has 0 unspecified atom stereocenters. The van der Waals surface area contributed by atoms with Crippen molar-refractivity contribution in [1.82, 2.24) is 5.32 Å². The first-order valence-electron chi connectivity index (χ1n) is 5.79. The van der Waals surface area contributed by atoms with Gasteiger partial charge in [-0.1, -0.05) is 0 Å². The SMILES string of the molecule is CNC(=O)[C@@H](CO)Nc1ccc(C(C)=O)cc1[N+](=O)[O-]. The summed E-state index contributed by atoms with van der Waals surface area (Å²) in [4.78, 5) is 33.0. The first kappa shape index (κ1) is 15.6. The molecule has 0 aliphatic carbocycles. The van der Waals surface area contributed by atoms with Gasteiger partial charge in [0.25, 0.3) is 5.69 Å². The molecule has 20 heavy (non-hydrogen) atoms. The second-order valence-corrected chi connectivity index (χ2v) is 4.04. The fourth-order valence-electron chi connectivity index (χ4n) is 1.58. The molecule has 3 N–H and O–H groups in total. The van der Waals surface area contributed by atoms with Crippen molar-refractivity contribution in [1.29, 1.82) is 0 Å². The van der Waals surface area contributed by atoms with Crippen LogP contribution in [0.1, 0.15) is 17.3 Å². The van der Waals surface area contributed by atoms with Crippen molar-refractivity contribution in [2.24, 2.45) is 0 Å². The molecular formula is C12H15N3O5. The van der Waals surface area contributed by atoms with Crippen LogP contribution in [0.25, 0.3) is 0 Å². The number of benzene rings is 1. The van der Waals surface area contributed by atoms with E-state index in [0.29, 0.717) is 0 Å². The monoisotopic (exact) mass is 281 g/mol. The average Bonchev–Trinajstić information content (AvgIpc) is 2.43. The number of ketones is 1. The summed E-state index contributed by atoms with van der Waals surface area (Å²) in [5.74, 6) is -0.804. The van der Waals surface area contributed by atoms with Gasteiger partial charge >= 0.3 is 0 Å². The molecule has 108 valence electrons. The van der Waals surface area contributed by atoms with E-state index in [4.69, 9.17) is 5.11 Å². The number of amides is 1. The van der Waals surface area contributed by atoms with Crippen LogP contribution >= 0.6 is 0 Å². The predicted octanol–water partition coefficient (Wildman–Crippen LogP) is 0.316. The number of hydrogen-bond donors (Lipinski definition) is 3. The van der Waals surface area contributed by atoms with Crippen LogP contribution in [0.2, 0.25) is 0 Å². The molecular weight excluding hydrogens is 266 g/mol. The largest absolute Gasteiger partial charge is 0.394 e. The standard InChI is InChI=1S/C12H15N3O5/c1-7(17)8-3-4-9(11(5-8)15(19)20)14-10(6-16)12(18)13-2/h3-5,10,14,16H,6H2,1-2H3,(H,13,18)/t10-/m1/s1. The first-order valence-corrected chi connectivity index (χ1v) is 5.79. The molecule has 8 heteroatoms. The van der Waals surface area contributed by atoms with Crippen LogP contribution < -0.4 is 10.6 Å². The number of likely N-dealkylation sites (N-methyl/N-ethyl adjacent to an activating group) is 1. The molecule has 0 aliphatic rings. The molecule has 1 aromatic carbocycles. The normalized spacial score (nSPS) is 11.6. The zero-order valence-electron chi connectivity index (χ0n) is 11.0. The number of nitro groups is 1. The number of rotatable bonds is 6. The maximum Gasteiger partial charge on any atom is 0.293 e. The van der Waals surface area contributed by atoms with Crippen molar-refractivity contribution >= 4 is 23.1 Å². The van der Waals surface area contributed by atoms with Crippen LogP contribution in [0.3, 0.4) is 0 Å². The number of anilines is 1. The number of nitro benzene ring substituents is 1. The summed E-state index contributed by atoms with van der Waals surface area (Å²) in [7, 11) is 1.39. The number of hydrogen-bond acceptors (Lipinski definition) is 6. The number of nitrogens with zero attached hydrogens (tertiary/aromatic N) is 1. The Morgan fingerprint density at radius 1 is 1.45 bits per heavy atom. The van der Waals surface area contributed by atoms with Crippen LogP contribution in [0.5, 0.6) is 0 Å². The van der Waals surface area contributed by atoms with Crippen molar-refractivity contribution in [3.63, 3.8) is 0 Å². The zero-order chi connectivity index (χ0) is 15.3. The molecule has 0 fully saturated rings. The molecule has 1 aromatic rings. The Bertz CT molecular complexity index is 544. The van der Waals surface area contributed by atoms with Gasteiger partial charge in [0.1, 0.15) is 11.7 Å². The number of carbonyl (C=O) groups excluding carboxylic acids is 2. The Morgan fingerprint density at radius 2 is 2.10 bits per heavy atom. The van der Waals surface area contributed by atoms with E-state index in [2.05, 4.69) is 10.6 Å². The summed E-state index contributed by atoms with van der Waals surface area (Å²) in [6, 6.07) is 2.86. The molecule has 0 aromatic heterocycles. The summed E-state index contributed by atoms with van der Waals surface area (Å²) < 4.78 is 0. The van der Waals surface area contributed by atoms with Gasteiger partial charge in [-0.3, -0.25) is 19.7 Å². The highest BCUT2D eigenvalue weighted by Gasteiger charge is 2.22. The summed E-state index contributed by atoms with van der Waals surface area (Å²) in [6.07, 6.45) is 0. The Kier molecular flexibility index (Phi) is 5.15. The number of aliphatic hydroxyl groups excluding tert-OH is 1. The molecule has 0 aliphatic heterocycles. The van der Waals surface area contributed by atoms with Gasteiger partial charge in [0.2, 0.25) is 5.91 Å². The molecule has 0 radical (unpaired) electrons. The van der Waals surface area contributed by atoms with E-state index in [0.717, 1.165) is 6.07 Å². The molecule has 0 heterocycles. The van der Waals surface area contributed by atoms with Crippen molar-refractivity contribution in [3.8, 4) is 0 Å². The van der Waals surface area contributed by atoms with E-state index in [-0.39, 0.29) is 22.7 Å². The molecule has 1 atom stereocenters. The molecule has 1 amide bonds. The van der Waals surface area contributed by atoms with Gasteiger partial charge in [0.15, 0.2) is 5.78 Å². The minimum absolute atomic E-state index is 0.0580. The lowest BCUT2D eigenvalue weighted by atomic mass is 10.1. The van der Waals surface area contributed by atoms with E-state index in [1.165, 1.54) is 26.1 Å². The lowest BCUT2D eigenvalue weighted by molar-refractivity contribution is -0.384.